The van der Waals surface area contributed by atoms with Crippen LogP contribution in [0, 0.1) is 23.3 Å². The van der Waals surface area contributed by atoms with Gasteiger partial charge < -0.3 is 0 Å². The van der Waals surface area contributed by atoms with Crippen LogP contribution >= 0.6 is 0 Å². The topological polar surface area (TPSA) is 31.9 Å². The van der Waals surface area contributed by atoms with E-state index in [-0.39, 0.29) is 11.5 Å². The summed E-state index contributed by atoms with van der Waals surface area (Å²) in [6.07, 6.45) is 3.12. The number of likely N-dealkylation sites (tertiary alicyclic amines) is 1. The normalized spacial score (nSPS) is 17.8. The first-order valence-corrected chi connectivity index (χ1v) is 9.17. The predicted molar refractivity (Wildman–Crippen MR) is 97.5 cm³/mol. The van der Waals surface area contributed by atoms with Gasteiger partial charge in [-0.15, -0.1) is 0 Å². The van der Waals surface area contributed by atoms with Crippen molar-refractivity contribution in [3.05, 3.63) is 77.1 Å². The predicted octanol–water partition coefficient (Wildman–Crippen LogP) is 5.01. The number of nitrogens with one attached hydrogen (secondary N) is 1. The molecule has 0 amide bonds. The van der Waals surface area contributed by atoms with Crippen molar-refractivity contribution in [2.45, 2.75) is 25.3 Å². The molecule has 1 aliphatic rings. The second kappa shape index (κ2) is 7.75. The van der Waals surface area contributed by atoms with Crippen LogP contribution in [0.25, 0.3) is 11.1 Å². The minimum Gasteiger partial charge on any atom is -0.298 e. The molecule has 0 spiro atoms. The number of rotatable bonds is 4. The van der Waals surface area contributed by atoms with E-state index in [9.17, 15) is 17.6 Å². The van der Waals surface area contributed by atoms with Gasteiger partial charge in [-0.2, -0.15) is 5.10 Å². The highest BCUT2D eigenvalue weighted by Gasteiger charge is 2.27. The molecule has 0 unspecified atom stereocenters. The molecule has 146 valence electrons. The van der Waals surface area contributed by atoms with Gasteiger partial charge in [0.15, 0.2) is 0 Å². The number of halogens is 4. The van der Waals surface area contributed by atoms with Crippen molar-refractivity contribution in [1.82, 2.24) is 15.1 Å². The van der Waals surface area contributed by atoms with Crippen molar-refractivity contribution in [2.24, 2.45) is 0 Å². The first-order valence-electron chi connectivity index (χ1n) is 9.17. The fourth-order valence-electron chi connectivity index (χ4n) is 3.89. The second-order valence-electron chi connectivity index (χ2n) is 7.10. The summed E-state index contributed by atoms with van der Waals surface area (Å²) in [7, 11) is 0. The van der Waals surface area contributed by atoms with Crippen molar-refractivity contribution < 1.29 is 17.6 Å². The Kier molecular flexibility index (Phi) is 5.17. The molecule has 28 heavy (non-hydrogen) atoms. The summed E-state index contributed by atoms with van der Waals surface area (Å²) in [6.45, 7) is 1.70. The Morgan fingerprint density at radius 2 is 1.82 bits per heavy atom. The summed E-state index contributed by atoms with van der Waals surface area (Å²) in [4.78, 5) is 2.06. The Labute approximate surface area is 160 Å². The van der Waals surface area contributed by atoms with Crippen LogP contribution in [-0.4, -0.2) is 28.2 Å². The van der Waals surface area contributed by atoms with Crippen LogP contribution in [0.5, 0.6) is 0 Å². The van der Waals surface area contributed by atoms with Crippen LogP contribution in [0.15, 0.2) is 42.6 Å². The van der Waals surface area contributed by atoms with Gasteiger partial charge in [0, 0.05) is 41.9 Å². The third kappa shape index (κ3) is 3.67. The highest BCUT2D eigenvalue weighted by Crippen LogP contribution is 2.35. The standard InChI is InChI=1S/C21H19F4N3/c22-15-7-6-13(19(25)9-15)11-28-8-2-3-14(12-28)21-16(10-26-27-21)20-17(23)4-1-5-18(20)24/h1,4-7,9-10,14H,2-3,8,11-12H2,(H,26,27)/t14-/m1/s1. The minimum atomic E-state index is -0.635. The lowest BCUT2D eigenvalue weighted by Crippen LogP contribution is -2.34. The Morgan fingerprint density at radius 3 is 2.57 bits per heavy atom. The summed E-state index contributed by atoms with van der Waals surface area (Å²) < 4.78 is 55.6. The van der Waals surface area contributed by atoms with E-state index in [1.807, 2.05) is 0 Å². The van der Waals surface area contributed by atoms with Crippen molar-refractivity contribution in [3.8, 4) is 11.1 Å². The molecule has 1 atom stereocenters. The molecule has 4 rings (SSSR count). The molecule has 3 aromatic rings. The van der Waals surface area contributed by atoms with E-state index >= 15 is 0 Å². The van der Waals surface area contributed by atoms with E-state index < -0.39 is 23.3 Å². The fraction of sp³-hybridized carbons (Fsp3) is 0.286. The smallest absolute Gasteiger partial charge is 0.134 e. The highest BCUT2D eigenvalue weighted by atomic mass is 19.1. The molecular weight excluding hydrogens is 370 g/mol. The quantitative estimate of drug-likeness (QED) is 0.636. The van der Waals surface area contributed by atoms with E-state index in [1.54, 1.807) is 0 Å². The SMILES string of the molecule is Fc1ccc(CN2CCC[C@@H](c3[nH]ncc3-c3c(F)cccc3F)C2)c(F)c1. The molecule has 2 heterocycles. The van der Waals surface area contributed by atoms with Gasteiger partial charge in [-0.05, 0) is 37.6 Å². The van der Waals surface area contributed by atoms with Crippen LogP contribution < -0.4 is 0 Å². The molecule has 1 aromatic heterocycles. The lowest BCUT2D eigenvalue weighted by molar-refractivity contribution is 0.196. The second-order valence-corrected chi connectivity index (χ2v) is 7.10. The molecular formula is C21H19F4N3. The largest absolute Gasteiger partial charge is 0.298 e. The first-order chi connectivity index (χ1) is 13.5. The van der Waals surface area contributed by atoms with Gasteiger partial charge in [-0.25, -0.2) is 17.6 Å². The van der Waals surface area contributed by atoms with E-state index in [0.29, 0.717) is 29.9 Å². The summed E-state index contributed by atoms with van der Waals surface area (Å²) in [5, 5.41) is 6.91. The summed E-state index contributed by atoms with van der Waals surface area (Å²) in [5.74, 6) is -2.47. The Hall–Kier alpha value is -2.67. The van der Waals surface area contributed by atoms with Crippen LogP contribution in [0.1, 0.15) is 30.0 Å². The number of benzene rings is 2. The fourth-order valence-corrected chi connectivity index (χ4v) is 3.89. The average Bonchev–Trinajstić information content (AvgIpc) is 3.14. The molecule has 2 aromatic carbocycles. The zero-order valence-electron chi connectivity index (χ0n) is 15.1. The number of hydrogen-bond donors (Lipinski definition) is 1. The minimum absolute atomic E-state index is 0.0197. The maximum absolute atomic E-state index is 14.2. The third-order valence-corrected chi connectivity index (χ3v) is 5.22. The van der Waals surface area contributed by atoms with E-state index in [4.69, 9.17) is 0 Å². The summed E-state index contributed by atoms with van der Waals surface area (Å²) in [6, 6.07) is 7.34. The lowest BCUT2D eigenvalue weighted by Gasteiger charge is -2.32. The number of aromatic nitrogens is 2. The molecule has 1 N–H and O–H groups in total. The zero-order valence-corrected chi connectivity index (χ0v) is 15.1. The Morgan fingerprint density at radius 1 is 1.04 bits per heavy atom. The maximum atomic E-state index is 14.2. The van der Waals surface area contributed by atoms with Crippen molar-refractivity contribution in [2.75, 3.05) is 13.1 Å². The molecule has 1 fully saturated rings. The summed E-state index contributed by atoms with van der Waals surface area (Å²) in [5.41, 5.74) is 1.42. The van der Waals surface area contributed by atoms with Gasteiger partial charge in [0.25, 0.3) is 0 Å². The van der Waals surface area contributed by atoms with Crippen LogP contribution in [0.3, 0.4) is 0 Å². The van der Waals surface area contributed by atoms with Crippen molar-refractivity contribution in [3.63, 3.8) is 0 Å². The lowest BCUT2D eigenvalue weighted by atomic mass is 9.90. The van der Waals surface area contributed by atoms with Crippen LogP contribution in [-0.2, 0) is 6.54 Å². The van der Waals surface area contributed by atoms with Crippen molar-refractivity contribution >= 4 is 0 Å². The average molecular weight is 389 g/mol. The molecule has 0 aliphatic carbocycles. The third-order valence-electron chi connectivity index (χ3n) is 5.22. The molecule has 1 saturated heterocycles. The number of piperidine rings is 1. The van der Waals surface area contributed by atoms with E-state index in [0.717, 1.165) is 25.5 Å². The van der Waals surface area contributed by atoms with Crippen LogP contribution in [0.4, 0.5) is 17.6 Å². The molecule has 0 radical (unpaired) electrons. The number of H-pyrrole nitrogens is 1. The Bertz CT molecular complexity index is 965. The maximum Gasteiger partial charge on any atom is 0.134 e. The molecule has 7 heteroatoms. The van der Waals surface area contributed by atoms with Gasteiger partial charge in [0.2, 0.25) is 0 Å². The van der Waals surface area contributed by atoms with Gasteiger partial charge >= 0.3 is 0 Å². The number of nitrogens with zero attached hydrogens (tertiary/aromatic N) is 2. The van der Waals surface area contributed by atoms with Crippen LogP contribution in [0.2, 0.25) is 0 Å². The van der Waals surface area contributed by atoms with Gasteiger partial charge in [-0.3, -0.25) is 10.00 Å². The molecule has 0 saturated carbocycles. The molecule has 1 aliphatic heterocycles. The monoisotopic (exact) mass is 389 g/mol. The number of aromatic amines is 1. The van der Waals surface area contributed by atoms with E-state index in [1.165, 1.54) is 36.5 Å². The van der Waals surface area contributed by atoms with Crippen molar-refractivity contribution in [1.29, 1.82) is 0 Å². The highest BCUT2D eigenvalue weighted by molar-refractivity contribution is 5.67. The molecule has 0 bridgehead atoms. The van der Waals surface area contributed by atoms with Gasteiger partial charge in [0.1, 0.15) is 23.3 Å². The van der Waals surface area contributed by atoms with Gasteiger partial charge in [-0.1, -0.05) is 12.1 Å². The molecule has 3 nitrogen and oxygen atoms in total. The van der Waals surface area contributed by atoms with Gasteiger partial charge in [0.05, 0.1) is 11.8 Å². The number of hydrogen-bond acceptors (Lipinski definition) is 2. The first kappa shape index (κ1) is 18.7. The Balaban J connectivity index is 1.57. The van der Waals surface area contributed by atoms with E-state index in [2.05, 4.69) is 15.1 Å². The zero-order chi connectivity index (χ0) is 19.7. The summed E-state index contributed by atoms with van der Waals surface area (Å²) >= 11 is 0.